The molecule has 0 aliphatic carbocycles. The van der Waals surface area contributed by atoms with Gasteiger partial charge in [0.2, 0.25) is 0 Å². The minimum absolute atomic E-state index is 0.0997. The molecule has 5 nitrogen and oxygen atoms in total. The van der Waals surface area contributed by atoms with E-state index in [-0.39, 0.29) is 12.5 Å². The molecule has 1 N–H and O–H groups in total. The molecule has 0 spiro atoms. The van der Waals surface area contributed by atoms with Crippen LogP contribution in [0.25, 0.3) is 0 Å². The Hall–Kier alpha value is -2.82. The van der Waals surface area contributed by atoms with Crippen molar-refractivity contribution in [3.8, 4) is 11.5 Å². The van der Waals surface area contributed by atoms with Gasteiger partial charge in [-0.1, -0.05) is 29.8 Å². The largest absolute Gasteiger partial charge is 0.497 e. The number of methoxy groups -OCH3 is 1. The smallest absolute Gasteiger partial charge is 0.277 e. The van der Waals surface area contributed by atoms with Gasteiger partial charge < -0.3 is 9.47 Å². The zero-order valence-corrected chi connectivity index (χ0v) is 12.6. The molecule has 0 aliphatic heterocycles. The standard InChI is InChI=1S/C17H18N2O3/c1-13-4-3-5-14(10-13)11-18-19-17(20)12-22-16-8-6-15(21-2)7-9-16/h3-11H,12H2,1-2H3,(H,19,20). The Bertz CT molecular complexity index is 651. The van der Waals surface area contributed by atoms with Crippen LogP contribution < -0.4 is 14.9 Å². The Labute approximate surface area is 129 Å². The van der Waals surface area contributed by atoms with Crippen molar-refractivity contribution in [2.45, 2.75) is 6.92 Å². The number of aryl methyl sites for hydroxylation is 1. The number of hydrogen-bond donors (Lipinski definition) is 1. The first-order chi connectivity index (χ1) is 10.7. The van der Waals surface area contributed by atoms with E-state index in [1.54, 1.807) is 37.6 Å². The summed E-state index contributed by atoms with van der Waals surface area (Å²) in [7, 11) is 1.59. The summed E-state index contributed by atoms with van der Waals surface area (Å²) in [6.45, 7) is 1.90. The van der Waals surface area contributed by atoms with Gasteiger partial charge in [-0.05, 0) is 36.8 Å². The lowest BCUT2D eigenvalue weighted by Crippen LogP contribution is -2.24. The van der Waals surface area contributed by atoms with Crippen LogP contribution in [0, 0.1) is 6.92 Å². The molecule has 0 unspecified atom stereocenters. The quantitative estimate of drug-likeness (QED) is 0.658. The third-order valence-electron chi connectivity index (χ3n) is 2.87. The molecule has 0 fully saturated rings. The van der Waals surface area contributed by atoms with Gasteiger partial charge >= 0.3 is 0 Å². The summed E-state index contributed by atoms with van der Waals surface area (Å²) in [5.41, 5.74) is 4.49. The van der Waals surface area contributed by atoms with E-state index in [2.05, 4.69) is 10.5 Å². The molecule has 0 radical (unpaired) electrons. The topological polar surface area (TPSA) is 59.9 Å². The molecule has 2 rings (SSSR count). The van der Waals surface area contributed by atoms with Crippen molar-refractivity contribution in [1.29, 1.82) is 0 Å². The highest BCUT2D eigenvalue weighted by Gasteiger charge is 2.01. The van der Waals surface area contributed by atoms with E-state index in [1.807, 2.05) is 31.2 Å². The van der Waals surface area contributed by atoms with Crippen LogP contribution in [-0.2, 0) is 4.79 Å². The number of carbonyl (C=O) groups is 1. The van der Waals surface area contributed by atoms with Crippen molar-refractivity contribution in [3.05, 3.63) is 59.7 Å². The Morgan fingerprint density at radius 2 is 1.91 bits per heavy atom. The summed E-state index contributed by atoms with van der Waals surface area (Å²) in [4.78, 5) is 11.6. The zero-order valence-electron chi connectivity index (χ0n) is 12.6. The Morgan fingerprint density at radius 3 is 2.59 bits per heavy atom. The molecule has 0 heterocycles. The second-order valence-electron chi connectivity index (χ2n) is 4.67. The molecule has 0 saturated heterocycles. The second-order valence-corrected chi connectivity index (χ2v) is 4.67. The fourth-order valence-electron chi connectivity index (χ4n) is 1.78. The normalized spacial score (nSPS) is 10.5. The summed E-state index contributed by atoms with van der Waals surface area (Å²) >= 11 is 0. The van der Waals surface area contributed by atoms with Crippen LogP contribution >= 0.6 is 0 Å². The Morgan fingerprint density at radius 1 is 1.18 bits per heavy atom. The van der Waals surface area contributed by atoms with Crippen LogP contribution in [0.5, 0.6) is 11.5 Å². The minimum atomic E-state index is -0.320. The number of rotatable bonds is 6. The zero-order chi connectivity index (χ0) is 15.8. The molecular weight excluding hydrogens is 280 g/mol. The molecule has 2 aromatic carbocycles. The number of amides is 1. The van der Waals surface area contributed by atoms with Crippen LogP contribution in [0.3, 0.4) is 0 Å². The lowest BCUT2D eigenvalue weighted by Gasteiger charge is -2.05. The Balaban J connectivity index is 1.77. The maximum absolute atomic E-state index is 11.6. The fraction of sp³-hybridized carbons (Fsp3) is 0.176. The number of carbonyl (C=O) groups excluding carboxylic acids is 1. The average molecular weight is 298 g/mol. The van der Waals surface area contributed by atoms with Crippen molar-refractivity contribution in [1.82, 2.24) is 5.43 Å². The number of nitrogens with one attached hydrogen (secondary N) is 1. The molecule has 2 aromatic rings. The van der Waals surface area contributed by atoms with Crippen LogP contribution in [0.4, 0.5) is 0 Å². The van der Waals surface area contributed by atoms with E-state index in [9.17, 15) is 4.79 Å². The van der Waals surface area contributed by atoms with Gasteiger partial charge in [-0.25, -0.2) is 5.43 Å². The van der Waals surface area contributed by atoms with Crippen LogP contribution in [0.15, 0.2) is 53.6 Å². The molecule has 0 saturated carbocycles. The van der Waals surface area contributed by atoms with Crippen molar-refractivity contribution in [3.63, 3.8) is 0 Å². The fourth-order valence-corrected chi connectivity index (χ4v) is 1.78. The van der Waals surface area contributed by atoms with Gasteiger partial charge in [-0.2, -0.15) is 5.10 Å². The molecule has 114 valence electrons. The lowest BCUT2D eigenvalue weighted by molar-refractivity contribution is -0.123. The number of hydrazone groups is 1. The maximum atomic E-state index is 11.6. The summed E-state index contributed by atoms with van der Waals surface area (Å²) in [6.07, 6.45) is 1.60. The van der Waals surface area contributed by atoms with E-state index >= 15 is 0 Å². The number of benzene rings is 2. The average Bonchev–Trinajstić information content (AvgIpc) is 2.53. The molecule has 22 heavy (non-hydrogen) atoms. The third kappa shape index (κ3) is 4.94. The molecule has 0 aromatic heterocycles. The summed E-state index contributed by atoms with van der Waals surface area (Å²) < 4.78 is 10.4. The van der Waals surface area contributed by atoms with Gasteiger partial charge in [0, 0.05) is 0 Å². The van der Waals surface area contributed by atoms with E-state index in [4.69, 9.17) is 9.47 Å². The SMILES string of the molecule is COc1ccc(OCC(=O)NN=Cc2cccc(C)c2)cc1. The maximum Gasteiger partial charge on any atom is 0.277 e. The van der Waals surface area contributed by atoms with E-state index < -0.39 is 0 Å². The third-order valence-corrected chi connectivity index (χ3v) is 2.87. The van der Waals surface area contributed by atoms with Gasteiger partial charge in [0.1, 0.15) is 11.5 Å². The van der Waals surface area contributed by atoms with Gasteiger partial charge in [-0.15, -0.1) is 0 Å². The van der Waals surface area contributed by atoms with Crippen molar-refractivity contribution in [2.75, 3.05) is 13.7 Å². The number of hydrogen-bond acceptors (Lipinski definition) is 4. The highest BCUT2D eigenvalue weighted by Crippen LogP contribution is 2.16. The monoisotopic (exact) mass is 298 g/mol. The molecule has 5 heteroatoms. The second kappa shape index (κ2) is 7.83. The van der Waals surface area contributed by atoms with Crippen molar-refractivity contribution >= 4 is 12.1 Å². The van der Waals surface area contributed by atoms with Crippen LogP contribution in [0.2, 0.25) is 0 Å². The molecule has 0 atom stereocenters. The van der Waals surface area contributed by atoms with E-state index in [0.717, 1.165) is 16.9 Å². The molecule has 1 amide bonds. The number of nitrogens with zero attached hydrogens (tertiary/aromatic N) is 1. The van der Waals surface area contributed by atoms with Gasteiger partial charge in [0.25, 0.3) is 5.91 Å². The van der Waals surface area contributed by atoms with E-state index in [1.165, 1.54) is 0 Å². The predicted octanol–water partition coefficient (Wildman–Crippen LogP) is 2.53. The summed E-state index contributed by atoms with van der Waals surface area (Å²) in [6, 6.07) is 14.8. The predicted molar refractivity (Wildman–Crippen MR) is 85.4 cm³/mol. The molecule has 0 bridgehead atoms. The minimum Gasteiger partial charge on any atom is -0.497 e. The van der Waals surface area contributed by atoms with Gasteiger partial charge in [0.15, 0.2) is 6.61 Å². The first kappa shape index (κ1) is 15.6. The summed E-state index contributed by atoms with van der Waals surface area (Å²) in [5.74, 6) is 1.01. The lowest BCUT2D eigenvalue weighted by atomic mass is 10.2. The van der Waals surface area contributed by atoms with Gasteiger partial charge in [0.05, 0.1) is 13.3 Å². The Kier molecular flexibility index (Phi) is 5.54. The van der Waals surface area contributed by atoms with E-state index in [0.29, 0.717) is 5.75 Å². The number of ether oxygens (including phenoxy) is 2. The van der Waals surface area contributed by atoms with Gasteiger partial charge in [-0.3, -0.25) is 4.79 Å². The summed E-state index contributed by atoms with van der Waals surface area (Å²) in [5, 5.41) is 3.90. The molecular formula is C17H18N2O3. The van der Waals surface area contributed by atoms with Crippen molar-refractivity contribution in [2.24, 2.45) is 5.10 Å². The van der Waals surface area contributed by atoms with Crippen LogP contribution in [0.1, 0.15) is 11.1 Å². The molecule has 0 aliphatic rings. The first-order valence-electron chi connectivity index (χ1n) is 6.83. The highest BCUT2D eigenvalue weighted by atomic mass is 16.5. The van der Waals surface area contributed by atoms with Crippen molar-refractivity contribution < 1.29 is 14.3 Å². The first-order valence-corrected chi connectivity index (χ1v) is 6.83. The highest BCUT2D eigenvalue weighted by molar-refractivity contribution is 5.83. The van der Waals surface area contributed by atoms with Crippen LogP contribution in [-0.4, -0.2) is 25.8 Å².